The number of nitrogens with zero attached hydrogens (tertiary/aromatic N) is 1. The second-order valence-corrected chi connectivity index (χ2v) is 5.23. The van der Waals surface area contributed by atoms with Crippen LogP contribution in [-0.4, -0.2) is 17.6 Å². The molecule has 2 rings (SSSR count). The lowest BCUT2D eigenvalue weighted by molar-refractivity contribution is -0.384. The van der Waals surface area contributed by atoms with Crippen molar-refractivity contribution in [2.75, 3.05) is 11.9 Å². The first-order chi connectivity index (χ1) is 8.45. The van der Waals surface area contributed by atoms with Crippen LogP contribution < -0.4 is 10.1 Å². The molecule has 0 radical (unpaired) electrons. The van der Waals surface area contributed by atoms with E-state index in [4.69, 9.17) is 4.74 Å². The van der Waals surface area contributed by atoms with Gasteiger partial charge in [-0.1, -0.05) is 19.9 Å². The molecule has 18 heavy (non-hydrogen) atoms. The van der Waals surface area contributed by atoms with Crippen LogP contribution in [-0.2, 0) is 0 Å². The van der Waals surface area contributed by atoms with Gasteiger partial charge in [-0.05, 0) is 30.9 Å². The Labute approximate surface area is 106 Å². The Morgan fingerprint density at radius 3 is 2.72 bits per heavy atom. The van der Waals surface area contributed by atoms with E-state index in [1.807, 2.05) is 6.92 Å². The number of hydrogen-bond acceptors (Lipinski definition) is 4. The molecule has 1 aromatic rings. The monoisotopic (exact) mass is 250 g/mol. The summed E-state index contributed by atoms with van der Waals surface area (Å²) in [4.78, 5) is 10.8. The molecule has 0 aromatic heterocycles. The van der Waals surface area contributed by atoms with Crippen molar-refractivity contribution in [1.29, 1.82) is 0 Å². The first kappa shape index (κ1) is 12.7. The maximum absolute atomic E-state index is 11.2. The molecule has 1 aliphatic carbocycles. The number of nitro benzene ring substituents is 1. The first-order valence-electron chi connectivity index (χ1n) is 6.12. The molecule has 0 saturated heterocycles. The van der Waals surface area contributed by atoms with E-state index >= 15 is 0 Å². The molecule has 5 nitrogen and oxygen atoms in total. The molecule has 1 aliphatic rings. The average Bonchev–Trinajstić information content (AvgIpc) is 2.86. The van der Waals surface area contributed by atoms with Crippen LogP contribution in [0.2, 0.25) is 0 Å². The molecule has 1 N–H and O–H groups in total. The van der Waals surface area contributed by atoms with E-state index in [0.29, 0.717) is 24.1 Å². The molecule has 1 unspecified atom stereocenters. The van der Waals surface area contributed by atoms with E-state index in [2.05, 4.69) is 19.2 Å². The number of hydrogen-bond donors (Lipinski definition) is 1. The van der Waals surface area contributed by atoms with Crippen LogP contribution in [0.4, 0.5) is 11.4 Å². The van der Waals surface area contributed by atoms with Crippen molar-refractivity contribution in [3.8, 4) is 5.75 Å². The lowest BCUT2D eigenvalue weighted by Crippen LogP contribution is -2.10. The van der Waals surface area contributed by atoms with E-state index in [0.717, 1.165) is 6.42 Å². The highest BCUT2D eigenvalue weighted by Crippen LogP contribution is 2.48. The van der Waals surface area contributed by atoms with Crippen molar-refractivity contribution in [2.45, 2.75) is 33.2 Å². The van der Waals surface area contributed by atoms with Gasteiger partial charge in [-0.3, -0.25) is 10.1 Å². The number of nitro groups is 1. The summed E-state index contributed by atoms with van der Waals surface area (Å²) in [5, 5.41) is 14.4. The maximum atomic E-state index is 11.2. The third kappa shape index (κ3) is 2.39. The maximum Gasteiger partial charge on any atom is 0.333 e. The zero-order chi connectivity index (χ0) is 13.3. The van der Waals surface area contributed by atoms with Crippen LogP contribution in [0.1, 0.15) is 27.2 Å². The molecule has 0 spiro atoms. The van der Waals surface area contributed by atoms with E-state index in [1.165, 1.54) is 0 Å². The Bertz CT molecular complexity index is 471. The van der Waals surface area contributed by atoms with E-state index in [1.54, 1.807) is 18.2 Å². The highest BCUT2D eigenvalue weighted by atomic mass is 16.6. The van der Waals surface area contributed by atoms with Gasteiger partial charge in [0.15, 0.2) is 5.75 Å². The molecule has 1 aromatic carbocycles. The molecule has 5 heteroatoms. The molecule has 1 saturated carbocycles. The van der Waals surface area contributed by atoms with Gasteiger partial charge >= 0.3 is 5.69 Å². The van der Waals surface area contributed by atoms with Crippen LogP contribution in [0.15, 0.2) is 18.2 Å². The Balaban J connectivity index is 2.28. The summed E-state index contributed by atoms with van der Waals surface area (Å²) >= 11 is 0. The Morgan fingerprint density at radius 2 is 2.22 bits per heavy atom. The quantitative estimate of drug-likeness (QED) is 0.643. The van der Waals surface area contributed by atoms with Crippen molar-refractivity contribution >= 4 is 11.4 Å². The smallest absolute Gasteiger partial charge is 0.333 e. The lowest BCUT2D eigenvalue weighted by atomic mass is 10.2. The van der Waals surface area contributed by atoms with E-state index in [-0.39, 0.29) is 16.0 Å². The number of rotatable bonds is 5. The van der Waals surface area contributed by atoms with Crippen LogP contribution >= 0.6 is 0 Å². The van der Waals surface area contributed by atoms with Gasteiger partial charge in [0, 0.05) is 6.04 Å². The van der Waals surface area contributed by atoms with Crippen molar-refractivity contribution in [3.63, 3.8) is 0 Å². The second kappa shape index (κ2) is 4.48. The van der Waals surface area contributed by atoms with Gasteiger partial charge < -0.3 is 10.1 Å². The summed E-state index contributed by atoms with van der Waals surface area (Å²) in [6.45, 7) is 6.51. The Hall–Kier alpha value is -1.78. The molecule has 0 aliphatic heterocycles. The number of anilines is 1. The predicted octanol–water partition coefficient (Wildman–Crippen LogP) is 3.20. The summed E-state index contributed by atoms with van der Waals surface area (Å²) in [5.41, 5.74) is 0.790. The largest absolute Gasteiger partial charge is 0.487 e. The normalized spacial score (nSPS) is 20.3. The predicted molar refractivity (Wildman–Crippen MR) is 70.1 cm³/mol. The average molecular weight is 250 g/mol. The molecular formula is C13H18N2O3. The van der Waals surface area contributed by atoms with Crippen molar-refractivity contribution in [3.05, 3.63) is 28.3 Å². The lowest BCUT2D eigenvalue weighted by Gasteiger charge is -2.11. The molecule has 98 valence electrons. The Kier molecular flexibility index (Phi) is 3.15. The summed E-state index contributed by atoms with van der Waals surface area (Å²) in [6.07, 6.45) is 1.03. The van der Waals surface area contributed by atoms with Gasteiger partial charge in [-0.2, -0.15) is 0 Å². The van der Waals surface area contributed by atoms with Crippen molar-refractivity contribution < 1.29 is 9.66 Å². The van der Waals surface area contributed by atoms with E-state index in [9.17, 15) is 10.1 Å². The number of ether oxygens (including phenoxy) is 1. The number of benzene rings is 1. The van der Waals surface area contributed by atoms with Gasteiger partial charge in [-0.15, -0.1) is 0 Å². The van der Waals surface area contributed by atoms with E-state index < -0.39 is 0 Å². The fourth-order valence-corrected chi connectivity index (χ4v) is 2.00. The van der Waals surface area contributed by atoms with Crippen molar-refractivity contribution in [2.24, 2.45) is 5.41 Å². The topological polar surface area (TPSA) is 64.4 Å². The molecular weight excluding hydrogens is 232 g/mol. The highest BCUT2D eigenvalue weighted by molar-refractivity contribution is 5.69. The minimum atomic E-state index is -0.386. The van der Waals surface area contributed by atoms with Crippen LogP contribution in [0.3, 0.4) is 0 Å². The van der Waals surface area contributed by atoms with Gasteiger partial charge in [0.25, 0.3) is 0 Å². The van der Waals surface area contributed by atoms with Crippen LogP contribution in [0.25, 0.3) is 0 Å². The zero-order valence-electron chi connectivity index (χ0n) is 10.9. The van der Waals surface area contributed by atoms with Crippen LogP contribution in [0.5, 0.6) is 5.75 Å². The summed E-state index contributed by atoms with van der Waals surface area (Å²) in [7, 11) is 0. The summed E-state index contributed by atoms with van der Waals surface area (Å²) < 4.78 is 5.31. The minimum absolute atomic E-state index is 0.0297. The summed E-state index contributed by atoms with van der Waals surface area (Å²) in [6, 6.07) is 5.43. The SMILES string of the molecule is CCOc1cccc(NC2CC2(C)C)c1[N+](=O)[O-]. The molecule has 0 heterocycles. The minimum Gasteiger partial charge on any atom is -0.487 e. The van der Waals surface area contributed by atoms with Gasteiger partial charge in [-0.25, -0.2) is 0 Å². The standard InChI is InChI=1S/C13H18N2O3/c1-4-18-10-7-5-6-9(12(10)15(16)17)14-11-8-13(11,2)3/h5-7,11,14H,4,8H2,1-3H3. The van der Waals surface area contributed by atoms with Gasteiger partial charge in [0.05, 0.1) is 11.5 Å². The fourth-order valence-electron chi connectivity index (χ4n) is 2.00. The van der Waals surface area contributed by atoms with Gasteiger partial charge in [0.1, 0.15) is 5.69 Å². The third-order valence-corrected chi connectivity index (χ3v) is 3.32. The first-order valence-corrected chi connectivity index (χ1v) is 6.12. The van der Waals surface area contributed by atoms with Crippen molar-refractivity contribution in [1.82, 2.24) is 0 Å². The Morgan fingerprint density at radius 1 is 1.56 bits per heavy atom. The third-order valence-electron chi connectivity index (χ3n) is 3.32. The molecule has 0 bridgehead atoms. The number of para-hydroxylation sites is 1. The highest BCUT2D eigenvalue weighted by Gasteiger charge is 2.46. The number of nitrogens with one attached hydrogen (secondary N) is 1. The zero-order valence-corrected chi connectivity index (χ0v) is 10.9. The molecule has 1 atom stereocenters. The molecule has 1 fully saturated rings. The van der Waals surface area contributed by atoms with Gasteiger partial charge in [0.2, 0.25) is 0 Å². The summed E-state index contributed by atoms with van der Waals surface area (Å²) in [5.74, 6) is 0.325. The van der Waals surface area contributed by atoms with Crippen LogP contribution in [0, 0.1) is 15.5 Å². The second-order valence-electron chi connectivity index (χ2n) is 5.23. The molecule has 0 amide bonds. The fraction of sp³-hybridized carbons (Fsp3) is 0.538.